The molecule has 0 amide bonds. The van der Waals surface area contributed by atoms with Crippen molar-refractivity contribution >= 4 is 39.5 Å². The monoisotopic (exact) mass is 1440 g/mol. The molecule has 0 rings (SSSR count). The highest BCUT2D eigenvalue weighted by molar-refractivity contribution is 7.47. The molecule has 0 heterocycles. The summed E-state index contributed by atoms with van der Waals surface area (Å²) in [5.74, 6) is -0.510. The van der Waals surface area contributed by atoms with Gasteiger partial charge in [0.15, 0.2) is 12.2 Å². The van der Waals surface area contributed by atoms with Gasteiger partial charge in [-0.05, 0) is 37.5 Å². The fraction of sp³-hybridized carbons (Fsp3) is 0.949. The van der Waals surface area contributed by atoms with Crippen molar-refractivity contribution in [3.05, 3.63) is 0 Å². The van der Waals surface area contributed by atoms with Crippen LogP contribution < -0.4 is 0 Å². The first-order valence-corrected chi connectivity index (χ1v) is 44.0. The first kappa shape index (κ1) is 96.1. The summed E-state index contributed by atoms with van der Waals surface area (Å²) in [7, 11) is -9.92. The fourth-order valence-corrected chi connectivity index (χ4v) is 13.7. The number of ether oxygens (including phenoxy) is 4. The predicted molar refractivity (Wildman–Crippen MR) is 400 cm³/mol. The second kappa shape index (κ2) is 70.7. The van der Waals surface area contributed by atoms with Crippen LogP contribution >= 0.6 is 15.6 Å². The zero-order valence-corrected chi connectivity index (χ0v) is 65.9. The average molecular weight is 1440 g/mol. The van der Waals surface area contributed by atoms with E-state index in [2.05, 4.69) is 41.5 Å². The van der Waals surface area contributed by atoms with Crippen LogP contribution in [-0.4, -0.2) is 96.7 Å². The number of esters is 4. The third kappa shape index (κ3) is 71.1. The number of rotatable bonds is 78. The summed E-state index contributed by atoms with van der Waals surface area (Å²) in [6.07, 6.45) is 59.4. The second-order valence-corrected chi connectivity index (χ2v) is 32.1. The standard InChI is InChI=1S/C79H154O17P2/c1-7-10-12-14-16-18-20-22-23-27-31-38-44-50-56-62-77(82)90-67-74(95-78(83)63-57-51-45-39-32-28-25-24-26-29-35-41-47-53-59-71(4)5)69-93-97(85,86)91-65-73(80)66-92-98(87,88)94-70-75(68-89-76(81)61-55-49-43-37-30-21-19-17-15-13-11-8-2)96-79(84)64-58-52-46-40-34-33-36-42-48-54-60-72(6)9-3/h71-75,80H,7-70H2,1-6H3,(H,85,86)(H,87,88)/t72?,73-,74-,75-/m1/s1. The Morgan fingerprint density at radius 3 is 0.776 bits per heavy atom. The number of hydrogen-bond acceptors (Lipinski definition) is 15. The smallest absolute Gasteiger partial charge is 0.462 e. The maximum absolute atomic E-state index is 13.1. The Hall–Kier alpha value is -1.94. The second-order valence-electron chi connectivity index (χ2n) is 29.2. The maximum Gasteiger partial charge on any atom is 0.472 e. The number of unbranched alkanes of at least 4 members (excludes halogenated alkanes) is 47. The molecule has 3 N–H and O–H groups in total. The van der Waals surface area contributed by atoms with Gasteiger partial charge in [-0.25, -0.2) is 9.13 Å². The zero-order chi connectivity index (χ0) is 72.1. The van der Waals surface area contributed by atoms with Crippen molar-refractivity contribution < 1.29 is 80.2 Å². The van der Waals surface area contributed by atoms with Gasteiger partial charge in [-0.15, -0.1) is 0 Å². The van der Waals surface area contributed by atoms with Crippen molar-refractivity contribution in [1.82, 2.24) is 0 Å². The SMILES string of the molecule is CCCCCCCCCCCCCCCCCC(=O)OC[C@H](COP(=O)(O)OC[C@@H](O)COP(=O)(O)OC[C@@H](COC(=O)CCCCCCCCCCCCCC)OC(=O)CCCCCCCCCCCCC(C)CC)OC(=O)CCCCCCCCCCCCCCCCC(C)C. The number of aliphatic hydroxyl groups is 1. The van der Waals surface area contributed by atoms with Crippen LogP contribution in [0.4, 0.5) is 0 Å². The Morgan fingerprint density at radius 2 is 0.520 bits per heavy atom. The maximum atomic E-state index is 13.1. The quantitative estimate of drug-likeness (QED) is 0.0222. The minimum Gasteiger partial charge on any atom is -0.462 e. The minimum atomic E-state index is -4.96. The highest BCUT2D eigenvalue weighted by Gasteiger charge is 2.30. The number of carbonyl (C=O) groups excluding carboxylic acids is 4. The topological polar surface area (TPSA) is 237 Å². The molecular formula is C79H154O17P2. The Kier molecular flexibility index (Phi) is 69.3. The van der Waals surface area contributed by atoms with Gasteiger partial charge in [0.05, 0.1) is 26.4 Å². The highest BCUT2D eigenvalue weighted by atomic mass is 31.2. The summed E-state index contributed by atoms with van der Waals surface area (Å²) in [5.41, 5.74) is 0. The van der Waals surface area contributed by atoms with E-state index in [1.54, 1.807) is 0 Å². The van der Waals surface area contributed by atoms with E-state index in [1.807, 2.05) is 0 Å². The summed E-state index contributed by atoms with van der Waals surface area (Å²) in [6.45, 7) is 9.67. The number of carbonyl (C=O) groups is 4. The predicted octanol–water partition coefficient (Wildman–Crippen LogP) is 23.5. The van der Waals surface area contributed by atoms with Crippen LogP contribution in [0.15, 0.2) is 0 Å². The summed E-state index contributed by atoms with van der Waals surface area (Å²) in [6, 6.07) is 0. The van der Waals surface area contributed by atoms with Gasteiger partial charge in [0.1, 0.15) is 19.3 Å². The van der Waals surface area contributed by atoms with E-state index in [0.717, 1.165) is 102 Å². The fourth-order valence-electron chi connectivity index (χ4n) is 12.2. The summed E-state index contributed by atoms with van der Waals surface area (Å²) >= 11 is 0. The van der Waals surface area contributed by atoms with Gasteiger partial charge in [0.2, 0.25) is 0 Å². The van der Waals surface area contributed by atoms with Crippen molar-refractivity contribution in [2.24, 2.45) is 11.8 Å². The van der Waals surface area contributed by atoms with E-state index in [9.17, 15) is 43.2 Å². The summed E-state index contributed by atoms with van der Waals surface area (Å²) in [5, 5.41) is 10.6. The molecule has 0 aliphatic rings. The molecule has 0 aromatic rings. The molecule has 3 unspecified atom stereocenters. The van der Waals surface area contributed by atoms with Crippen molar-refractivity contribution in [3.63, 3.8) is 0 Å². The van der Waals surface area contributed by atoms with Crippen LogP contribution in [0.25, 0.3) is 0 Å². The summed E-state index contributed by atoms with van der Waals surface area (Å²) in [4.78, 5) is 73.0. The van der Waals surface area contributed by atoms with Crippen molar-refractivity contribution in [1.29, 1.82) is 0 Å². The largest absolute Gasteiger partial charge is 0.472 e. The molecule has 582 valence electrons. The molecular weight excluding hydrogens is 1280 g/mol. The first-order valence-electron chi connectivity index (χ1n) is 41.0. The zero-order valence-electron chi connectivity index (χ0n) is 64.1. The number of phosphoric ester groups is 2. The molecule has 0 bridgehead atoms. The lowest BCUT2D eigenvalue weighted by atomic mass is 9.99. The molecule has 0 spiro atoms. The molecule has 0 aromatic heterocycles. The third-order valence-corrected chi connectivity index (χ3v) is 20.7. The van der Waals surface area contributed by atoms with Gasteiger partial charge in [-0.1, -0.05) is 363 Å². The molecule has 0 saturated carbocycles. The lowest BCUT2D eigenvalue weighted by Gasteiger charge is -2.21. The molecule has 19 heteroatoms. The van der Waals surface area contributed by atoms with Crippen LogP contribution in [-0.2, 0) is 65.4 Å². The lowest BCUT2D eigenvalue weighted by molar-refractivity contribution is -0.161. The number of phosphoric acid groups is 2. The first-order chi connectivity index (χ1) is 47.4. The molecule has 17 nitrogen and oxygen atoms in total. The van der Waals surface area contributed by atoms with E-state index < -0.39 is 97.5 Å². The number of hydrogen-bond donors (Lipinski definition) is 3. The Morgan fingerprint density at radius 1 is 0.296 bits per heavy atom. The Balaban J connectivity index is 5.27. The van der Waals surface area contributed by atoms with Gasteiger partial charge in [-0.2, -0.15) is 0 Å². The average Bonchev–Trinajstić information content (AvgIpc) is 0.979. The Bertz CT molecular complexity index is 1890. The van der Waals surface area contributed by atoms with Gasteiger partial charge in [0.25, 0.3) is 0 Å². The van der Waals surface area contributed by atoms with E-state index in [0.29, 0.717) is 25.7 Å². The molecule has 6 atom stereocenters. The molecule has 0 aliphatic heterocycles. The van der Waals surface area contributed by atoms with E-state index >= 15 is 0 Å². The van der Waals surface area contributed by atoms with E-state index in [4.69, 9.17) is 37.0 Å². The van der Waals surface area contributed by atoms with Crippen LogP contribution in [0.5, 0.6) is 0 Å². The molecule has 0 aliphatic carbocycles. The molecule has 0 radical (unpaired) electrons. The van der Waals surface area contributed by atoms with Crippen molar-refractivity contribution in [3.8, 4) is 0 Å². The third-order valence-electron chi connectivity index (χ3n) is 18.8. The highest BCUT2D eigenvalue weighted by Crippen LogP contribution is 2.45. The molecule has 0 aromatic carbocycles. The van der Waals surface area contributed by atoms with Crippen LogP contribution in [0.3, 0.4) is 0 Å². The van der Waals surface area contributed by atoms with Crippen molar-refractivity contribution in [2.75, 3.05) is 39.6 Å². The minimum absolute atomic E-state index is 0.107. The summed E-state index contributed by atoms with van der Waals surface area (Å²) < 4.78 is 68.7. The molecule has 0 saturated heterocycles. The van der Waals surface area contributed by atoms with Crippen molar-refractivity contribution in [2.45, 2.75) is 432 Å². The molecule has 98 heavy (non-hydrogen) atoms. The van der Waals surface area contributed by atoms with Crippen LogP contribution in [0.1, 0.15) is 414 Å². The van der Waals surface area contributed by atoms with Gasteiger partial charge in [0, 0.05) is 25.7 Å². The Labute approximate surface area is 600 Å². The van der Waals surface area contributed by atoms with Crippen LogP contribution in [0.2, 0.25) is 0 Å². The number of aliphatic hydroxyl groups excluding tert-OH is 1. The van der Waals surface area contributed by atoms with Crippen LogP contribution in [0, 0.1) is 11.8 Å². The van der Waals surface area contributed by atoms with E-state index in [-0.39, 0.29) is 25.7 Å². The molecule has 0 fully saturated rings. The van der Waals surface area contributed by atoms with Gasteiger partial charge >= 0.3 is 39.5 Å². The lowest BCUT2D eigenvalue weighted by Crippen LogP contribution is -2.30. The normalized spacial score (nSPS) is 14.2. The van der Waals surface area contributed by atoms with Gasteiger partial charge in [-0.3, -0.25) is 37.3 Å². The van der Waals surface area contributed by atoms with E-state index in [1.165, 1.54) is 231 Å². The van der Waals surface area contributed by atoms with Gasteiger partial charge < -0.3 is 33.8 Å².